The number of carboxylic acids is 1. The number of amides is 1. The van der Waals surface area contributed by atoms with Gasteiger partial charge in [-0.2, -0.15) is 0 Å². The summed E-state index contributed by atoms with van der Waals surface area (Å²) in [5.41, 5.74) is 3.73. The number of hydrogen-bond donors (Lipinski definition) is 2. The largest absolute Gasteiger partial charge is 0.480 e. The zero-order valence-corrected chi connectivity index (χ0v) is 10.8. The molecule has 1 aromatic carbocycles. The van der Waals surface area contributed by atoms with Crippen molar-refractivity contribution in [3.63, 3.8) is 0 Å². The van der Waals surface area contributed by atoms with E-state index in [1.807, 2.05) is 0 Å². The highest BCUT2D eigenvalue weighted by Crippen LogP contribution is 2.12. The van der Waals surface area contributed by atoms with Crippen LogP contribution in [-0.4, -0.2) is 23.5 Å². The number of carboxylic acid groups (broad SMARTS) is 1. The fourth-order valence-electron chi connectivity index (χ4n) is 1.67. The average molecular weight is 249 g/mol. The van der Waals surface area contributed by atoms with Gasteiger partial charge in [0.2, 0.25) is 5.91 Å². The van der Waals surface area contributed by atoms with Crippen molar-refractivity contribution in [2.45, 2.75) is 33.1 Å². The molecule has 2 N–H and O–H groups in total. The number of nitrogens with one attached hydrogen (secondary N) is 1. The predicted molar refractivity (Wildman–Crippen MR) is 69.5 cm³/mol. The Labute approximate surface area is 107 Å². The van der Waals surface area contributed by atoms with E-state index in [-0.39, 0.29) is 12.5 Å². The van der Waals surface area contributed by atoms with Gasteiger partial charge in [-0.3, -0.25) is 9.59 Å². The van der Waals surface area contributed by atoms with Crippen LogP contribution in [0.25, 0.3) is 0 Å². The normalized spacial score (nSPS) is 10.1. The molecule has 1 amide bonds. The highest BCUT2D eigenvalue weighted by atomic mass is 16.4. The number of aryl methyl sites for hydroxylation is 3. The summed E-state index contributed by atoms with van der Waals surface area (Å²) < 4.78 is 0. The number of aliphatic carboxylic acids is 1. The maximum atomic E-state index is 11.3. The first-order valence-electron chi connectivity index (χ1n) is 6.03. The van der Waals surface area contributed by atoms with Crippen molar-refractivity contribution in [1.82, 2.24) is 5.32 Å². The minimum absolute atomic E-state index is 0.207. The van der Waals surface area contributed by atoms with Gasteiger partial charge in [-0.25, -0.2) is 0 Å². The Kier molecular flexibility index (Phi) is 5.36. The van der Waals surface area contributed by atoms with Crippen LogP contribution in [0.15, 0.2) is 18.2 Å². The van der Waals surface area contributed by atoms with Crippen molar-refractivity contribution in [3.05, 3.63) is 34.9 Å². The second-order valence-electron chi connectivity index (χ2n) is 4.44. The lowest BCUT2D eigenvalue weighted by Crippen LogP contribution is -2.28. The molecule has 0 fully saturated rings. The molecule has 0 unspecified atom stereocenters. The van der Waals surface area contributed by atoms with Gasteiger partial charge in [-0.15, -0.1) is 0 Å². The van der Waals surface area contributed by atoms with Crippen LogP contribution in [0.3, 0.4) is 0 Å². The molecule has 98 valence electrons. The van der Waals surface area contributed by atoms with Gasteiger partial charge in [0.15, 0.2) is 0 Å². The molecule has 4 heteroatoms. The Morgan fingerprint density at radius 2 is 1.94 bits per heavy atom. The van der Waals surface area contributed by atoms with Gasteiger partial charge in [0, 0.05) is 6.42 Å². The van der Waals surface area contributed by atoms with E-state index in [1.54, 1.807) is 0 Å². The van der Waals surface area contributed by atoms with Crippen LogP contribution in [-0.2, 0) is 16.0 Å². The Balaban J connectivity index is 2.30. The third-order valence-corrected chi connectivity index (χ3v) is 2.88. The summed E-state index contributed by atoms with van der Waals surface area (Å²) in [5, 5.41) is 10.8. The van der Waals surface area contributed by atoms with E-state index in [0.717, 1.165) is 12.8 Å². The summed E-state index contributed by atoms with van der Waals surface area (Å²) in [6.45, 7) is 3.83. The average Bonchev–Trinajstić information content (AvgIpc) is 2.31. The first kappa shape index (κ1) is 14.2. The van der Waals surface area contributed by atoms with Crippen LogP contribution < -0.4 is 5.32 Å². The van der Waals surface area contributed by atoms with Crippen LogP contribution in [0.4, 0.5) is 0 Å². The molecule has 4 nitrogen and oxygen atoms in total. The fourth-order valence-corrected chi connectivity index (χ4v) is 1.67. The monoisotopic (exact) mass is 249 g/mol. The van der Waals surface area contributed by atoms with Crippen LogP contribution >= 0.6 is 0 Å². The molecule has 0 aromatic heterocycles. The Morgan fingerprint density at radius 1 is 1.22 bits per heavy atom. The van der Waals surface area contributed by atoms with Crippen LogP contribution in [0, 0.1) is 13.8 Å². The lowest BCUT2D eigenvalue weighted by molar-refractivity contribution is -0.137. The molecule has 0 saturated carbocycles. The summed E-state index contributed by atoms with van der Waals surface area (Å²) in [4.78, 5) is 21.5. The predicted octanol–water partition coefficient (Wildman–Crippen LogP) is 1.83. The quantitative estimate of drug-likeness (QED) is 0.808. The minimum Gasteiger partial charge on any atom is -0.480 e. The van der Waals surface area contributed by atoms with Gasteiger partial charge >= 0.3 is 5.97 Å². The molecule has 0 aliphatic carbocycles. The minimum atomic E-state index is -1.02. The van der Waals surface area contributed by atoms with Crippen LogP contribution in [0.5, 0.6) is 0 Å². The Hall–Kier alpha value is -1.84. The van der Waals surface area contributed by atoms with E-state index in [9.17, 15) is 9.59 Å². The van der Waals surface area contributed by atoms with E-state index in [2.05, 4.69) is 37.4 Å². The molecular weight excluding hydrogens is 230 g/mol. The molecular formula is C14H19NO3. The number of hydrogen-bond acceptors (Lipinski definition) is 2. The van der Waals surface area contributed by atoms with Gasteiger partial charge in [-0.1, -0.05) is 18.2 Å². The van der Waals surface area contributed by atoms with E-state index in [0.29, 0.717) is 6.42 Å². The Bertz CT molecular complexity index is 441. The summed E-state index contributed by atoms with van der Waals surface area (Å²) in [7, 11) is 0. The lowest BCUT2D eigenvalue weighted by atomic mass is 10.0. The van der Waals surface area contributed by atoms with Gasteiger partial charge < -0.3 is 10.4 Å². The highest BCUT2D eigenvalue weighted by molar-refractivity contribution is 5.80. The molecule has 18 heavy (non-hydrogen) atoms. The molecule has 0 atom stereocenters. The van der Waals surface area contributed by atoms with Crippen molar-refractivity contribution in [3.8, 4) is 0 Å². The van der Waals surface area contributed by atoms with E-state index < -0.39 is 5.97 Å². The smallest absolute Gasteiger partial charge is 0.322 e. The first-order valence-corrected chi connectivity index (χ1v) is 6.03. The molecule has 0 spiro atoms. The summed E-state index contributed by atoms with van der Waals surface area (Å²) in [6.07, 6.45) is 1.93. The highest BCUT2D eigenvalue weighted by Gasteiger charge is 2.04. The second-order valence-corrected chi connectivity index (χ2v) is 4.44. The lowest BCUT2D eigenvalue weighted by Gasteiger charge is -2.05. The zero-order chi connectivity index (χ0) is 13.5. The third-order valence-electron chi connectivity index (χ3n) is 2.88. The molecule has 1 aromatic rings. The van der Waals surface area contributed by atoms with Crippen molar-refractivity contribution < 1.29 is 14.7 Å². The fraction of sp³-hybridized carbons (Fsp3) is 0.429. The number of carbonyl (C=O) groups excluding carboxylic acids is 1. The molecule has 0 heterocycles. The van der Waals surface area contributed by atoms with Gasteiger partial charge in [0.1, 0.15) is 6.54 Å². The summed E-state index contributed by atoms with van der Waals surface area (Å²) in [5.74, 6) is -1.22. The first-order chi connectivity index (χ1) is 8.49. The Morgan fingerprint density at radius 3 is 2.56 bits per heavy atom. The van der Waals surface area contributed by atoms with E-state index in [1.165, 1.54) is 16.7 Å². The third kappa shape index (κ3) is 4.99. The SMILES string of the molecule is Cc1ccc(CCCC(=O)NCC(=O)O)cc1C. The second kappa shape index (κ2) is 6.79. The van der Waals surface area contributed by atoms with Crippen molar-refractivity contribution in [2.24, 2.45) is 0 Å². The van der Waals surface area contributed by atoms with Crippen molar-refractivity contribution in [2.75, 3.05) is 6.54 Å². The van der Waals surface area contributed by atoms with Crippen LogP contribution in [0.2, 0.25) is 0 Å². The topological polar surface area (TPSA) is 66.4 Å². The van der Waals surface area contributed by atoms with Crippen molar-refractivity contribution >= 4 is 11.9 Å². The van der Waals surface area contributed by atoms with Gasteiger partial charge in [0.05, 0.1) is 0 Å². The molecule has 0 aliphatic rings. The van der Waals surface area contributed by atoms with Crippen LogP contribution in [0.1, 0.15) is 29.5 Å². The number of carbonyl (C=O) groups is 2. The molecule has 0 aliphatic heterocycles. The maximum Gasteiger partial charge on any atom is 0.322 e. The standard InChI is InChI=1S/C14H19NO3/c1-10-6-7-12(8-11(10)2)4-3-5-13(16)15-9-14(17)18/h6-8H,3-5,9H2,1-2H3,(H,15,16)(H,17,18). The van der Waals surface area contributed by atoms with Crippen molar-refractivity contribution in [1.29, 1.82) is 0 Å². The number of benzene rings is 1. The summed E-state index contributed by atoms with van der Waals surface area (Å²) in [6, 6.07) is 6.27. The molecule has 0 bridgehead atoms. The zero-order valence-electron chi connectivity index (χ0n) is 10.8. The molecule has 0 radical (unpaired) electrons. The molecule has 0 saturated heterocycles. The number of rotatable bonds is 6. The van der Waals surface area contributed by atoms with Gasteiger partial charge in [-0.05, 0) is 43.4 Å². The van der Waals surface area contributed by atoms with E-state index >= 15 is 0 Å². The molecule has 1 rings (SSSR count). The van der Waals surface area contributed by atoms with Gasteiger partial charge in [0.25, 0.3) is 0 Å². The summed E-state index contributed by atoms with van der Waals surface area (Å²) >= 11 is 0. The van der Waals surface area contributed by atoms with E-state index in [4.69, 9.17) is 5.11 Å². The maximum absolute atomic E-state index is 11.3.